The van der Waals surface area contributed by atoms with Gasteiger partial charge in [0.05, 0.1) is 28.0 Å². The van der Waals surface area contributed by atoms with Gasteiger partial charge in [0.1, 0.15) is 0 Å². The number of anilines is 1. The first-order valence-corrected chi connectivity index (χ1v) is 10.6. The molecule has 0 aliphatic rings. The molecule has 3 rings (SSSR count). The van der Waals surface area contributed by atoms with Crippen molar-refractivity contribution >= 4 is 52.5 Å². The van der Waals surface area contributed by atoms with Crippen LogP contribution in [0.1, 0.15) is 24.2 Å². The fraction of sp³-hybridized carbons (Fsp3) is 0.200. The van der Waals surface area contributed by atoms with Crippen molar-refractivity contribution in [3.05, 3.63) is 58.1 Å². The van der Waals surface area contributed by atoms with Crippen LogP contribution in [0, 0.1) is 0 Å². The van der Waals surface area contributed by atoms with Crippen molar-refractivity contribution in [3.63, 3.8) is 0 Å². The average Bonchev–Trinajstić information content (AvgIpc) is 3.15. The van der Waals surface area contributed by atoms with Crippen LogP contribution >= 0.6 is 35.0 Å². The molecule has 10 heteroatoms. The molecule has 0 spiro atoms. The van der Waals surface area contributed by atoms with Crippen LogP contribution in [0.3, 0.4) is 0 Å². The maximum absolute atomic E-state index is 12.2. The molecule has 30 heavy (non-hydrogen) atoms. The van der Waals surface area contributed by atoms with Crippen LogP contribution in [0.15, 0.2) is 52.1 Å². The third kappa shape index (κ3) is 5.98. The van der Waals surface area contributed by atoms with Crippen molar-refractivity contribution in [2.24, 2.45) is 0 Å². The average molecular weight is 466 g/mol. The summed E-state index contributed by atoms with van der Waals surface area (Å²) < 4.78 is 10.7. The van der Waals surface area contributed by atoms with E-state index in [0.29, 0.717) is 26.9 Å². The number of hydrogen-bond donors (Lipinski definition) is 1. The summed E-state index contributed by atoms with van der Waals surface area (Å²) >= 11 is 13.1. The summed E-state index contributed by atoms with van der Waals surface area (Å²) in [7, 11) is 0. The Kier molecular flexibility index (Phi) is 7.36. The molecule has 7 nitrogen and oxygen atoms in total. The summed E-state index contributed by atoms with van der Waals surface area (Å²) in [6.45, 7) is 3.56. The Balaban J connectivity index is 1.54. The van der Waals surface area contributed by atoms with Gasteiger partial charge >= 0.3 is 5.97 Å². The second-order valence-electron chi connectivity index (χ2n) is 6.37. The monoisotopic (exact) mass is 465 g/mol. The molecule has 2 aromatic carbocycles. The zero-order chi connectivity index (χ0) is 21.7. The van der Waals surface area contributed by atoms with Crippen molar-refractivity contribution < 1.29 is 18.7 Å². The summed E-state index contributed by atoms with van der Waals surface area (Å²) in [5, 5.41) is 11.7. The Hall–Kier alpha value is -2.55. The number of rotatable bonds is 7. The molecular formula is C20H17Cl2N3O4S. The first kappa shape index (κ1) is 22.1. The highest BCUT2D eigenvalue weighted by atomic mass is 35.5. The van der Waals surface area contributed by atoms with Crippen molar-refractivity contribution in [3.8, 4) is 11.5 Å². The second kappa shape index (κ2) is 9.97. The number of nitrogens with zero attached hydrogens (tertiary/aromatic N) is 2. The number of hydrogen-bond acceptors (Lipinski definition) is 7. The molecule has 1 heterocycles. The normalized spacial score (nSPS) is 10.8. The van der Waals surface area contributed by atoms with Gasteiger partial charge in [0, 0.05) is 10.7 Å². The fourth-order valence-electron chi connectivity index (χ4n) is 2.34. The van der Waals surface area contributed by atoms with Gasteiger partial charge in [0.2, 0.25) is 11.8 Å². The topological polar surface area (TPSA) is 94.3 Å². The molecule has 0 fully saturated rings. The van der Waals surface area contributed by atoms with Crippen LogP contribution in [0.2, 0.25) is 10.0 Å². The van der Waals surface area contributed by atoms with E-state index >= 15 is 0 Å². The fourth-order valence-corrected chi connectivity index (χ4v) is 3.39. The Morgan fingerprint density at radius 1 is 1.13 bits per heavy atom. The summed E-state index contributed by atoms with van der Waals surface area (Å²) in [4.78, 5) is 24.0. The number of nitrogens with one attached hydrogen (secondary N) is 1. The molecule has 156 valence electrons. The number of benzene rings is 2. The standard InChI is InChI=1S/C20H17Cl2N3O4S/c1-11(2)28-19(27)12-3-6-14(7-4-12)23-17(26)10-30-20-25-24-18(29-20)15-8-5-13(21)9-16(15)22/h3-9,11H,10H2,1-2H3,(H,23,26). The second-order valence-corrected chi connectivity index (χ2v) is 8.14. The summed E-state index contributed by atoms with van der Waals surface area (Å²) in [5.74, 6) is -0.371. The van der Waals surface area contributed by atoms with E-state index in [1.54, 1.807) is 56.3 Å². The summed E-state index contributed by atoms with van der Waals surface area (Å²) in [5.41, 5.74) is 1.53. The summed E-state index contributed by atoms with van der Waals surface area (Å²) in [6.07, 6.45) is -0.199. The van der Waals surface area contributed by atoms with Crippen LogP contribution in [-0.4, -0.2) is 33.9 Å². The number of ether oxygens (including phenoxy) is 1. The number of halogens is 2. The lowest BCUT2D eigenvalue weighted by Gasteiger charge is -2.08. The lowest BCUT2D eigenvalue weighted by Crippen LogP contribution is -2.14. The Labute approximate surface area is 187 Å². The maximum atomic E-state index is 12.2. The van der Waals surface area contributed by atoms with Gasteiger partial charge in [-0.25, -0.2) is 4.79 Å². The molecule has 0 aliphatic carbocycles. The predicted octanol–water partition coefficient (Wildman–Crippen LogP) is 5.34. The van der Waals surface area contributed by atoms with E-state index in [9.17, 15) is 9.59 Å². The van der Waals surface area contributed by atoms with Gasteiger partial charge in [-0.2, -0.15) is 0 Å². The highest BCUT2D eigenvalue weighted by molar-refractivity contribution is 7.99. The van der Waals surface area contributed by atoms with Crippen LogP contribution in [0.4, 0.5) is 5.69 Å². The third-order valence-electron chi connectivity index (χ3n) is 3.64. The highest BCUT2D eigenvalue weighted by Crippen LogP contribution is 2.31. The Bertz CT molecular complexity index is 1050. The molecule has 0 bridgehead atoms. The number of carbonyl (C=O) groups is 2. The number of esters is 1. The molecule has 1 amide bonds. The van der Waals surface area contributed by atoms with E-state index < -0.39 is 5.97 Å². The molecule has 0 unspecified atom stereocenters. The molecule has 3 aromatic rings. The van der Waals surface area contributed by atoms with E-state index in [0.717, 1.165) is 11.8 Å². The molecule has 1 aromatic heterocycles. The van der Waals surface area contributed by atoms with E-state index in [1.165, 1.54) is 0 Å². The van der Waals surface area contributed by atoms with Crippen LogP contribution in [-0.2, 0) is 9.53 Å². The Morgan fingerprint density at radius 3 is 2.53 bits per heavy atom. The van der Waals surface area contributed by atoms with Crippen LogP contribution < -0.4 is 5.32 Å². The lowest BCUT2D eigenvalue weighted by atomic mass is 10.2. The van der Waals surface area contributed by atoms with Gasteiger partial charge in [-0.15, -0.1) is 10.2 Å². The Morgan fingerprint density at radius 2 is 1.87 bits per heavy atom. The van der Waals surface area contributed by atoms with Crippen molar-refractivity contribution in [2.75, 3.05) is 11.1 Å². The maximum Gasteiger partial charge on any atom is 0.338 e. The molecule has 0 saturated carbocycles. The first-order valence-electron chi connectivity index (χ1n) is 8.84. The van der Waals surface area contributed by atoms with Gasteiger partial charge < -0.3 is 14.5 Å². The number of carbonyl (C=O) groups excluding carboxylic acids is 2. The van der Waals surface area contributed by atoms with E-state index in [4.69, 9.17) is 32.4 Å². The third-order valence-corrected chi connectivity index (χ3v) is 5.01. The zero-order valence-electron chi connectivity index (χ0n) is 16.0. The van der Waals surface area contributed by atoms with Crippen LogP contribution in [0.25, 0.3) is 11.5 Å². The van der Waals surface area contributed by atoms with Gasteiger partial charge in [-0.1, -0.05) is 35.0 Å². The SMILES string of the molecule is CC(C)OC(=O)c1ccc(NC(=O)CSc2nnc(-c3ccc(Cl)cc3Cl)o2)cc1. The van der Waals surface area contributed by atoms with Crippen molar-refractivity contribution in [2.45, 2.75) is 25.2 Å². The van der Waals surface area contributed by atoms with E-state index in [-0.39, 0.29) is 28.9 Å². The van der Waals surface area contributed by atoms with Gasteiger partial charge in [-0.3, -0.25) is 4.79 Å². The molecule has 0 aliphatic heterocycles. The van der Waals surface area contributed by atoms with E-state index in [1.807, 2.05) is 0 Å². The minimum Gasteiger partial charge on any atom is -0.459 e. The highest BCUT2D eigenvalue weighted by Gasteiger charge is 2.14. The summed E-state index contributed by atoms with van der Waals surface area (Å²) in [6, 6.07) is 11.4. The van der Waals surface area contributed by atoms with Gasteiger partial charge in [0.25, 0.3) is 5.22 Å². The number of amides is 1. The number of thioether (sulfide) groups is 1. The smallest absolute Gasteiger partial charge is 0.338 e. The molecule has 0 atom stereocenters. The molecule has 0 radical (unpaired) electrons. The lowest BCUT2D eigenvalue weighted by molar-refractivity contribution is -0.113. The largest absolute Gasteiger partial charge is 0.459 e. The van der Waals surface area contributed by atoms with Gasteiger partial charge in [0.15, 0.2) is 0 Å². The molecule has 1 N–H and O–H groups in total. The van der Waals surface area contributed by atoms with Gasteiger partial charge in [-0.05, 0) is 56.3 Å². The first-order chi connectivity index (χ1) is 14.3. The van der Waals surface area contributed by atoms with Crippen molar-refractivity contribution in [1.82, 2.24) is 10.2 Å². The molecule has 0 saturated heterocycles. The van der Waals surface area contributed by atoms with E-state index in [2.05, 4.69) is 15.5 Å². The van der Waals surface area contributed by atoms with Crippen LogP contribution in [0.5, 0.6) is 0 Å². The van der Waals surface area contributed by atoms with Crippen molar-refractivity contribution in [1.29, 1.82) is 0 Å². The quantitative estimate of drug-likeness (QED) is 0.371. The zero-order valence-corrected chi connectivity index (χ0v) is 18.3. The minimum atomic E-state index is -0.411. The minimum absolute atomic E-state index is 0.0626. The number of aromatic nitrogens is 2. The predicted molar refractivity (Wildman–Crippen MR) is 116 cm³/mol. The molecular weight excluding hydrogens is 449 g/mol.